The second-order valence-corrected chi connectivity index (χ2v) is 11.9. The van der Waals surface area contributed by atoms with Gasteiger partial charge in [0.1, 0.15) is 12.6 Å². The van der Waals surface area contributed by atoms with Crippen molar-refractivity contribution < 1.29 is 26.4 Å². The molecule has 0 aromatic heterocycles. The van der Waals surface area contributed by atoms with Crippen LogP contribution in [0.15, 0.2) is 53.4 Å². The fraction of sp³-hybridized carbons (Fsp3) is 0.440. The zero-order chi connectivity index (χ0) is 26.9. The molecule has 2 aromatic carbocycles. The number of rotatable bonds is 12. The van der Waals surface area contributed by atoms with Crippen molar-refractivity contribution in [3.05, 3.63) is 65.2 Å². The Morgan fingerprint density at radius 2 is 1.56 bits per heavy atom. The first-order valence-corrected chi connectivity index (χ1v) is 14.3. The van der Waals surface area contributed by atoms with Gasteiger partial charge in [-0.15, -0.1) is 0 Å². The largest absolute Gasteiger partial charge is 0.407 e. The number of sulfone groups is 1. The Balaban J connectivity index is 2.06. The van der Waals surface area contributed by atoms with Gasteiger partial charge in [0.05, 0.1) is 17.0 Å². The predicted molar refractivity (Wildman–Crippen MR) is 135 cm³/mol. The van der Waals surface area contributed by atoms with Crippen molar-refractivity contribution in [3.63, 3.8) is 0 Å². The first-order chi connectivity index (χ1) is 16.8. The summed E-state index contributed by atoms with van der Waals surface area (Å²) in [5.74, 6) is 0.501. The molecule has 0 aliphatic carbocycles. The highest BCUT2D eigenvalue weighted by molar-refractivity contribution is 7.97. The second-order valence-electron chi connectivity index (χ2n) is 8.85. The molecule has 0 aliphatic heterocycles. The molecule has 0 spiro atoms. The van der Waals surface area contributed by atoms with Crippen LogP contribution in [-0.4, -0.2) is 39.3 Å². The van der Waals surface area contributed by atoms with E-state index in [0.29, 0.717) is 11.5 Å². The van der Waals surface area contributed by atoms with Gasteiger partial charge in [0.25, 0.3) is 0 Å². The summed E-state index contributed by atoms with van der Waals surface area (Å²) >= 11 is 1.56. The lowest BCUT2D eigenvalue weighted by Crippen LogP contribution is -2.49. The molecule has 0 radical (unpaired) electrons. The van der Waals surface area contributed by atoms with E-state index in [2.05, 4.69) is 10.6 Å². The fourth-order valence-electron chi connectivity index (χ4n) is 3.48. The van der Waals surface area contributed by atoms with Crippen molar-refractivity contribution in [1.29, 1.82) is 5.26 Å². The van der Waals surface area contributed by atoms with Gasteiger partial charge in [-0.05, 0) is 41.2 Å². The van der Waals surface area contributed by atoms with E-state index in [9.17, 15) is 26.4 Å². The Kier molecular flexibility index (Phi) is 10.8. The van der Waals surface area contributed by atoms with Crippen molar-refractivity contribution in [1.82, 2.24) is 10.6 Å². The van der Waals surface area contributed by atoms with Crippen molar-refractivity contribution >= 4 is 27.5 Å². The number of carbonyl (C=O) groups excluding carboxylic acids is 1. The third-order valence-electron chi connectivity index (χ3n) is 5.26. The number of thioether (sulfide) groups is 1. The lowest BCUT2D eigenvalue weighted by molar-refractivity contribution is -0.161. The molecular formula is C25H30F3N3O3S2. The fourth-order valence-corrected chi connectivity index (χ4v) is 5.07. The topological polar surface area (TPSA) is 99.1 Å². The van der Waals surface area contributed by atoms with E-state index in [0.717, 1.165) is 17.4 Å². The molecular weight excluding hydrogens is 511 g/mol. The minimum atomic E-state index is -4.63. The van der Waals surface area contributed by atoms with Crippen LogP contribution in [0.4, 0.5) is 13.2 Å². The molecule has 2 rings (SSSR count). The highest BCUT2D eigenvalue weighted by Crippen LogP contribution is 2.34. The molecule has 0 bridgehead atoms. The van der Waals surface area contributed by atoms with E-state index in [4.69, 9.17) is 5.26 Å². The second kappa shape index (κ2) is 13.1. The molecule has 2 atom stereocenters. The van der Waals surface area contributed by atoms with Gasteiger partial charge in [-0.2, -0.15) is 30.2 Å². The smallest absolute Gasteiger partial charge is 0.342 e. The molecule has 2 aromatic rings. The Bertz CT molecular complexity index is 1140. The molecule has 36 heavy (non-hydrogen) atoms. The highest BCUT2D eigenvalue weighted by atomic mass is 32.2. The van der Waals surface area contributed by atoms with Crippen LogP contribution in [0.25, 0.3) is 0 Å². The summed E-state index contributed by atoms with van der Waals surface area (Å²) in [5, 5.41) is 13.5. The Morgan fingerprint density at radius 1 is 1.03 bits per heavy atom. The van der Waals surface area contributed by atoms with Crippen LogP contribution in [0.2, 0.25) is 0 Å². The lowest BCUT2D eigenvalue weighted by atomic mass is 9.99. The molecule has 11 heteroatoms. The van der Waals surface area contributed by atoms with Gasteiger partial charge in [-0.1, -0.05) is 50.2 Å². The van der Waals surface area contributed by atoms with Crippen LogP contribution < -0.4 is 10.6 Å². The van der Waals surface area contributed by atoms with E-state index >= 15 is 0 Å². The third kappa shape index (κ3) is 9.48. The molecule has 6 nitrogen and oxygen atoms in total. The Labute approximate surface area is 214 Å². The maximum Gasteiger partial charge on any atom is 0.407 e. The van der Waals surface area contributed by atoms with Crippen LogP contribution in [0, 0.1) is 17.2 Å². The number of nitrogens with one attached hydrogen (secondary N) is 2. The van der Waals surface area contributed by atoms with E-state index in [1.54, 1.807) is 68.1 Å². The van der Waals surface area contributed by atoms with Gasteiger partial charge in [0, 0.05) is 17.8 Å². The van der Waals surface area contributed by atoms with Gasteiger partial charge in [-0.3, -0.25) is 10.1 Å². The van der Waals surface area contributed by atoms with Crippen LogP contribution in [0.1, 0.15) is 43.0 Å². The number of amides is 1. The average molecular weight is 542 g/mol. The van der Waals surface area contributed by atoms with E-state index in [1.165, 1.54) is 12.1 Å². The van der Waals surface area contributed by atoms with Crippen LogP contribution in [-0.2, 0) is 26.1 Å². The van der Waals surface area contributed by atoms with Crippen LogP contribution in [0.3, 0.4) is 0 Å². The molecule has 2 N–H and O–H groups in total. The molecule has 0 unspecified atom stereocenters. The molecule has 0 fully saturated rings. The summed E-state index contributed by atoms with van der Waals surface area (Å²) in [4.78, 5) is 12.6. The summed E-state index contributed by atoms with van der Waals surface area (Å²) in [6, 6.07) is 11.3. The molecule has 196 valence electrons. The van der Waals surface area contributed by atoms with Gasteiger partial charge in [0.2, 0.25) is 5.91 Å². The van der Waals surface area contributed by atoms with Gasteiger partial charge in [0.15, 0.2) is 9.84 Å². The van der Waals surface area contributed by atoms with E-state index < -0.39 is 34.0 Å². The van der Waals surface area contributed by atoms with Crippen LogP contribution >= 0.6 is 11.8 Å². The third-order valence-corrected chi connectivity index (χ3v) is 7.47. The lowest BCUT2D eigenvalue weighted by Gasteiger charge is -2.28. The van der Waals surface area contributed by atoms with Gasteiger partial charge in [-0.25, -0.2) is 8.42 Å². The maximum atomic E-state index is 13.9. The molecule has 0 saturated carbocycles. The monoisotopic (exact) mass is 541 g/mol. The number of nitriles is 1. The molecule has 1 amide bonds. The quantitative estimate of drug-likeness (QED) is 0.376. The van der Waals surface area contributed by atoms with Crippen LogP contribution in [0.5, 0.6) is 0 Å². The standard InChI is InChI=1S/C25H30F3N3O3S2/c1-17(2)14-22(24(32)30-13-12-29)31-23(25(26,27)28)20-8-4-18(5-9-20)15-35-16-19-6-10-21(11-7-19)36(3,33)34/h4-11,17,22-23,31H,13-16H2,1-3H3,(H,30,32)/t22-,23-/m0/s1. The number of hydrogen-bond donors (Lipinski definition) is 2. The summed E-state index contributed by atoms with van der Waals surface area (Å²) in [6.07, 6.45) is -3.30. The number of nitrogens with zero attached hydrogens (tertiary/aromatic N) is 1. The predicted octanol–water partition coefficient (Wildman–Crippen LogP) is 4.77. The number of alkyl halides is 3. The number of hydrogen-bond acceptors (Lipinski definition) is 6. The Morgan fingerprint density at radius 3 is 2.00 bits per heavy atom. The highest BCUT2D eigenvalue weighted by Gasteiger charge is 2.42. The van der Waals surface area contributed by atoms with Crippen molar-refractivity contribution in [2.24, 2.45) is 5.92 Å². The van der Waals surface area contributed by atoms with E-state index in [1.807, 2.05) is 0 Å². The summed E-state index contributed by atoms with van der Waals surface area (Å²) in [7, 11) is -3.25. The van der Waals surface area contributed by atoms with Gasteiger partial charge >= 0.3 is 6.18 Å². The normalized spacial score (nSPS) is 13.7. The molecule has 0 saturated heterocycles. The number of halogens is 3. The molecule has 0 aliphatic rings. The van der Waals surface area contributed by atoms with E-state index in [-0.39, 0.29) is 29.3 Å². The van der Waals surface area contributed by atoms with Gasteiger partial charge < -0.3 is 5.32 Å². The number of carbonyl (C=O) groups is 1. The Hall–Kier alpha value is -2.55. The summed E-state index contributed by atoms with van der Waals surface area (Å²) in [5.41, 5.74) is 1.77. The zero-order valence-corrected chi connectivity index (χ0v) is 21.9. The first-order valence-electron chi connectivity index (χ1n) is 11.2. The minimum Gasteiger partial charge on any atom is -0.342 e. The average Bonchev–Trinajstić information content (AvgIpc) is 2.79. The zero-order valence-electron chi connectivity index (χ0n) is 20.3. The van der Waals surface area contributed by atoms with Crippen molar-refractivity contribution in [3.8, 4) is 6.07 Å². The van der Waals surface area contributed by atoms with Crippen molar-refractivity contribution in [2.45, 2.75) is 54.9 Å². The number of benzene rings is 2. The summed E-state index contributed by atoms with van der Waals surface area (Å²) in [6.45, 7) is 3.34. The molecule has 0 heterocycles. The maximum absolute atomic E-state index is 13.9. The SMILES string of the molecule is CC(C)C[C@H](N[C@@H](c1ccc(CSCc2ccc(S(C)(=O)=O)cc2)cc1)C(F)(F)F)C(=O)NCC#N. The first kappa shape index (κ1) is 29.7. The van der Waals surface area contributed by atoms with Crippen molar-refractivity contribution in [2.75, 3.05) is 12.8 Å². The summed E-state index contributed by atoms with van der Waals surface area (Å²) < 4.78 is 64.9. The minimum absolute atomic E-state index is 0.00514.